The van der Waals surface area contributed by atoms with Crippen LogP contribution in [0.2, 0.25) is 0 Å². The number of anilines is 1. The Hall–Kier alpha value is -2.22. The number of hydrogen-bond donors (Lipinski definition) is 2. The molecule has 1 saturated heterocycles. The third kappa shape index (κ3) is 3.58. The maximum Gasteiger partial charge on any atom is 0.238 e. The number of aromatic nitrogens is 4. The zero-order chi connectivity index (χ0) is 17.4. The normalized spacial score (nSPS) is 21.4. The van der Waals surface area contributed by atoms with E-state index in [1.54, 1.807) is 0 Å². The van der Waals surface area contributed by atoms with Crippen LogP contribution < -0.4 is 5.32 Å². The van der Waals surface area contributed by atoms with E-state index in [9.17, 15) is 4.79 Å². The van der Waals surface area contributed by atoms with Crippen LogP contribution in [-0.4, -0.2) is 50.8 Å². The molecule has 1 saturated carbocycles. The number of nitrogens with zero attached hydrogens (tertiary/aromatic N) is 4. The lowest BCUT2D eigenvalue weighted by Gasteiger charge is -2.30. The minimum absolute atomic E-state index is 0.0139. The van der Waals surface area contributed by atoms with E-state index in [2.05, 4.69) is 30.6 Å². The van der Waals surface area contributed by atoms with E-state index < -0.39 is 0 Å². The van der Waals surface area contributed by atoms with Gasteiger partial charge in [0.1, 0.15) is 0 Å². The van der Waals surface area contributed by atoms with Crippen molar-refractivity contribution in [3.8, 4) is 0 Å². The average molecular weight is 344 g/mol. The van der Waals surface area contributed by atoms with Crippen molar-refractivity contribution in [3.05, 3.63) is 23.1 Å². The van der Waals surface area contributed by atoms with Gasteiger partial charge >= 0.3 is 0 Å². The van der Waals surface area contributed by atoms with Gasteiger partial charge in [-0.3, -0.25) is 14.8 Å². The van der Waals surface area contributed by atoms with E-state index >= 15 is 0 Å². The molecule has 3 heterocycles. The van der Waals surface area contributed by atoms with Crippen LogP contribution in [0.4, 0.5) is 5.69 Å². The number of carbonyl (C=O) groups is 1. The summed E-state index contributed by atoms with van der Waals surface area (Å²) in [6.07, 6.45) is 4.40. The summed E-state index contributed by atoms with van der Waals surface area (Å²) < 4.78 is 5.39. The molecule has 2 aliphatic rings. The predicted octanol–water partition coefficient (Wildman–Crippen LogP) is 2.11. The number of carbonyl (C=O) groups excluding carboxylic acids is 1. The Morgan fingerprint density at radius 3 is 2.88 bits per heavy atom. The van der Waals surface area contributed by atoms with Gasteiger partial charge in [0.25, 0.3) is 0 Å². The van der Waals surface area contributed by atoms with Crippen molar-refractivity contribution >= 4 is 11.6 Å². The first-order valence-electron chi connectivity index (χ1n) is 8.97. The van der Waals surface area contributed by atoms with Crippen LogP contribution in [0.15, 0.2) is 4.52 Å². The molecule has 1 amide bonds. The monoisotopic (exact) mass is 344 g/mol. The second-order valence-corrected chi connectivity index (χ2v) is 7.20. The summed E-state index contributed by atoms with van der Waals surface area (Å²) in [6, 6.07) is 0. The molecule has 0 bridgehead atoms. The lowest BCUT2D eigenvalue weighted by Crippen LogP contribution is -2.40. The zero-order valence-corrected chi connectivity index (χ0v) is 14.7. The molecule has 8 nitrogen and oxygen atoms in total. The zero-order valence-electron chi connectivity index (χ0n) is 14.7. The largest absolute Gasteiger partial charge is 0.339 e. The number of rotatable bonds is 5. The molecule has 0 radical (unpaired) electrons. The fourth-order valence-corrected chi connectivity index (χ4v) is 3.44. The van der Waals surface area contributed by atoms with E-state index in [1.807, 2.05) is 13.8 Å². The van der Waals surface area contributed by atoms with Gasteiger partial charge in [-0.25, -0.2) is 0 Å². The first kappa shape index (κ1) is 16.3. The smallest absolute Gasteiger partial charge is 0.238 e. The Labute approximate surface area is 146 Å². The fourth-order valence-electron chi connectivity index (χ4n) is 3.44. The number of nitrogens with one attached hydrogen (secondary N) is 2. The number of H-pyrrole nitrogens is 1. The molecule has 8 heteroatoms. The number of aryl methyl sites for hydroxylation is 2. The second kappa shape index (κ2) is 6.59. The highest BCUT2D eigenvalue weighted by atomic mass is 16.5. The molecule has 0 aromatic carbocycles. The highest BCUT2D eigenvalue weighted by molar-refractivity contribution is 5.93. The van der Waals surface area contributed by atoms with Gasteiger partial charge in [-0.15, -0.1) is 0 Å². The molecule has 1 aliphatic heterocycles. The highest BCUT2D eigenvalue weighted by Gasteiger charge is 2.32. The van der Waals surface area contributed by atoms with Crippen LogP contribution in [0.3, 0.4) is 0 Å². The predicted molar refractivity (Wildman–Crippen MR) is 91.4 cm³/mol. The SMILES string of the molecule is Cc1n[nH]c(C)c1NC(=O)CN1CCC[C@@H](c2noc(C3CC3)n2)C1. The number of piperidine rings is 1. The van der Waals surface area contributed by atoms with Gasteiger partial charge in [0, 0.05) is 18.4 Å². The molecule has 1 aliphatic carbocycles. The maximum atomic E-state index is 12.4. The maximum absolute atomic E-state index is 12.4. The molecule has 2 aromatic rings. The Morgan fingerprint density at radius 2 is 2.16 bits per heavy atom. The Morgan fingerprint density at radius 1 is 1.32 bits per heavy atom. The summed E-state index contributed by atoms with van der Waals surface area (Å²) in [5.41, 5.74) is 2.47. The quantitative estimate of drug-likeness (QED) is 0.862. The summed E-state index contributed by atoms with van der Waals surface area (Å²) >= 11 is 0. The highest BCUT2D eigenvalue weighted by Crippen LogP contribution is 2.39. The van der Waals surface area contributed by atoms with Crippen molar-refractivity contribution in [1.29, 1.82) is 0 Å². The number of hydrogen-bond acceptors (Lipinski definition) is 6. The lowest BCUT2D eigenvalue weighted by atomic mass is 9.97. The van der Waals surface area contributed by atoms with Gasteiger partial charge in [-0.1, -0.05) is 5.16 Å². The van der Waals surface area contributed by atoms with Crippen LogP contribution in [0.1, 0.15) is 60.6 Å². The summed E-state index contributed by atoms with van der Waals surface area (Å²) in [6.45, 7) is 5.86. The van der Waals surface area contributed by atoms with Crippen molar-refractivity contribution in [2.45, 2.75) is 51.4 Å². The summed E-state index contributed by atoms with van der Waals surface area (Å²) in [5.74, 6) is 2.30. The fraction of sp³-hybridized carbons (Fsp3) is 0.647. The van der Waals surface area contributed by atoms with Gasteiger partial charge in [0.2, 0.25) is 11.8 Å². The third-order valence-electron chi connectivity index (χ3n) is 5.01. The molecule has 0 unspecified atom stereocenters. The Balaban J connectivity index is 1.35. The summed E-state index contributed by atoms with van der Waals surface area (Å²) in [4.78, 5) is 19.1. The van der Waals surface area contributed by atoms with E-state index in [-0.39, 0.29) is 11.8 Å². The second-order valence-electron chi connectivity index (χ2n) is 7.20. The van der Waals surface area contributed by atoms with Gasteiger partial charge in [0.15, 0.2) is 5.82 Å². The van der Waals surface area contributed by atoms with Crippen molar-refractivity contribution < 1.29 is 9.32 Å². The lowest BCUT2D eigenvalue weighted by molar-refractivity contribution is -0.117. The third-order valence-corrected chi connectivity index (χ3v) is 5.01. The van der Waals surface area contributed by atoms with E-state index in [1.165, 1.54) is 0 Å². The van der Waals surface area contributed by atoms with Gasteiger partial charge in [-0.05, 0) is 46.1 Å². The first-order valence-corrected chi connectivity index (χ1v) is 8.97. The van der Waals surface area contributed by atoms with Crippen LogP contribution in [-0.2, 0) is 4.79 Å². The molecule has 134 valence electrons. The van der Waals surface area contributed by atoms with E-state index in [4.69, 9.17) is 4.52 Å². The van der Waals surface area contributed by atoms with E-state index in [0.29, 0.717) is 12.5 Å². The molecular weight excluding hydrogens is 320 g/mol. The molecule has 2 aromatic heterocycles. The molecule has 2 fully saturated rings. The van der Waals surface area contributed by atoms with Crippen LogP contribution in [0, 0.1) is 13.8 Å². The average Bonchev–Trinajstić information content (AvgIpc) is 3.26. The molecule has 4 rings (SSSR count). The topological polar surface area (TPSA) is 99.9 Å². The van der Waals surface area contributed by atoms with Crippen molar-refractivity contribution in [2.24, 2.45) is 0 Å². The summed E-state index contributed by atoms with van der Waals surface area (Å²) in [5, 5.41) is 14.1. The Kier molecular flexibility index (Phi) is 4.29. The molecule has 0 spiro atoms. The van der Waals surface area contributed by atoms with Crippen LogP contribution in [0.5, 0.6) is 0 Å². The molecular formula is C17H24N6O2. The van der Waals surface area contributed by atoms with Gasteiger partial charge in [-0.2, -0.15) is 10.1 Å². The molecule has 1 atom stereocenters. The number of aromatic amines is 1. The van der Waals surface area contributed by atoms with Crippen molar-refractivity contribution in [1.82, 2.24) is 25.2 Å². The minimum Gasteiger partial charge on any atom is -0.339 e. The molecule has 2 N–H and O–H groups in total. The summed E-state index contributed by atoms with van der Waals surface area (Å²) in [7, 11) is 0. The van der Waals surface area contributed by atoms with Crippen LogP contribution >= 0.6 is 0 Å². The Bertz CT molecular complexity index is 744. The number of likely N-dealkylation sites (tertiary alicyclic amines) is 1. The minimum atomic E-state index is -0.0139. The number of amides is 1. The standard InChI is InChI=1S/C17H24N6O2/c1-10-15(11(2)21-20-10)18-14(24)9-23-7-3-4-13(8-23)16-19-17(25-22-16)12-5-6-12/h12-13H,3-9H2,1-2H3,(H,18,24)(H,20,21)/t13-/m1/s1. The van der Waals surface area contributed by atoms with Gasteiger partial charge < -0.3 is 9.84 Å². The molecule has 25 heavy (non-hydrogen) atoms. The van der Waals surface area contributed by atoms with Crippen molar-refractivity contribution in [3.63, 3.8) is 0 Å². The van der Waals surface area contributed by atoms with E-state index in [0.717, 1.165) is 67.6 Å². The van der Waals surface area contributed by atoms with Gasteiger partial charge in [0.05, 0.1) is 23.6 Å². The first-order chi connectivity index (χ1) is 12.1. The van der Waals surface area contributed by atoms with Crippen molar-refractivity contribution in [2.75, 3.05) is 25.0 Å². The van der Waals surface area contributed by atoms with Crippen LogP contribution in [0.25, 0.3) is 0 Å².